The molecule has 8 nitrogen and oxygen atoms in total. The second-order valence-electron chi connectivity index (χ2n) is 10.0. The van der Waals surface area contributed by atoms with E-state index < -0.39 is 28.8 Å². The number of rotatable bonds is 11. The Morgan fingerprint density at radius 2 is 1.68 bits per heavy atom. The van der Waals surface area contributed by atoms with Crippen molar-refractivity contribution in [3.8, 4) is 0 Å². The SMILES string of the molecule is CC(C)CN(Cc1ccc([N+](=O)[O-])cc1)CC(O)C(Cc1ccccc1)NC(=O)OC(C)(C)C. The Morgan fingerprint density at radius 3 is 2.21 bits per heavy atom. The van der Waals surface area contributed by atoms with E-state index >= 15 is 0 Å². The Labute approximate surface area is 202 Å². The Morgan fingerprint density at radius 1 is 1.06 bits per heavy atom. The van der Waals surface area contributed by atoms with Gasteiger partial charge >= 0.3 is 6.09 Å². The lowest BCUT2D eigenvalue weighted by molar-refractivity contribution is -0.384. The van der Waals surface area contributed by atoms with Gasteiger partial charge in [0.2, 0.25) is 0 Å². The largest absolute Gasteiger partial charge is 0.444 e. The Balaban J connectivity index is 2.16. The molecule has 0 bridgehead atoms. The van der Waals surface area contributed by atoms with Crippen LogP contribution in [0.4, 0.5) is 10.5 Å². The molecule has 0 aliphatic heterocycles. The molecule has 0 saturated carbocycles. The van der Waals surface area contributed by atoms with Crippen molar-refractivity contribution in [2.75, 3.05) is 13.1 Å². The quantitative estimate of drug-likeness (QED) is 0.368. The van der Waals surface area contributed by atoms with Crippen LogP contribution < -0.4 is 5.32 Å². The van der Waals surface area contributed by atoms with Crippen molar-refractivity contribution in [2.45, 2.75) is 65.3 Å². The van der Waals surface area contributed by atoms with Crippen molar-refractivity contribution >= 4 is 11.8 Å². The zero-order chi connectivity index (χ0) is 25.3. The lowest BCUT2D eigenvalue weighted by atomic mass is 10.00. The van der Waals surface area contributed by atoms with E-state index in [4.69, 9.17) is 4.74 Å². The minimum absolute atomic E-state index is 0.0451. The number of amides is 1. The van der Waals surface area contributed by atoms with E-state index in [1.165, 1.54) is 12.1 Å². The van der Waals surface area contributed by atoms with E-state index in [-0.39, 0.29) is 5.69 Å². The third kappa shape index (κ3) is 9.89. The van der Waals surface area contributed by atoms with Crippen molar-refractivity contribution in [3.63, 3.8) is 0 Å². The third-order valence-electron chi connectivity index (χ3n) is 5.09. The van der Waals surface area contributed by atoms with E-state index in [9.17, 15) is 20.0 Å². The van der Waals surface area contributed by atoms with Crippen molar-refractivity contribution < 1.29 is 19.6 Å². The summed E-state index contributed by atoms with van der Waals surface area (Å²) in [6.45, 7) is 11.1. The highest BCUT2D eigenvalue weighted by Crippen LogP contribution is 2.16. The summed E-state index contributed by atoms with van der Waals surface area (Å²) in [7, 11) is 0. The number of non-ortho nitro benzene ring substituents is 1. The fraction of sp³-hybridized carbons (Fsp3) is 0.500. The molecule has 2 rings (SSSR count). The molecule has 186 valence electrons. The summed E-state index contributed by atoms with van der Waals surface area (Å²) < 4.78 is 5.42. The fourth-order valence-corrected chi connectivity index (χ4v) is 3.70. The van der Waals surface area contributed by atoms with Crippen LogP contribution in [0.1, 0.15) is 45.7 Å². The highest BCUT2D eigenvalue weighted by molar-refractivity contribution is 5.68. The smallest absolute Gasteiger partial charge is 0.407 e. The maximum atomic E-state index is 12.5. The molecule has 0 fully saturated rings. The van der Waals surface area contributed by atoms with Crippen molar-refractivity contribution in [1.82, 2.24) is 10.2 Å². The zero-order valence-corrected chi connectivity index (χ0v) is 20.7. The normalized spacial score (nSPS) is 13.5. The minimum Gasteiger partial charge on any atom is -0.444 e. The molecule has 1 amide bonds. The van der Waals surface area contributed by atoms with Gasteiger partial charge in [0.15, 0.2) is 0 Å². The molecule has 0 saturated heterocycles. The summed E-state index contributed by atoms with van der Waals surface area (Å²) in [5.41, 5.74) is 1.31. The van der Waals surface area contributed by atoms with Crippen LogP contribution in [-0.2, 0) is 17.7 Å². The average Bonchev–Trinajstić information content (AvgIpc) is 2.72. The van der Waals surface area contributed by atoms with Crippen LogP contribution in [0.2, 0.25) is 0 Å². The number of nitrogens with one attached hydrogen (secondary N) is 1. The first-order valence-corrected chi connectivity index (χ1v) is 11.6. The third-order valence-corrected chi connectivity index (χ3v) is 5.09. The second-order valence-corrected chi connectivity index (χ2v) is 10.0. The Kier molecular flexibility index (Phi) is 10.0. The number of hydrogen-bond acceptors (Lipinski definition) is 6. The van der Waals surface area contributed by atoms with Crippen LogP contribution in [0.15, 0.2) is 54.6 Å². The van der Waals surface area contributed by atoms with Crippen molar-refractivity contribution in [2.24, 2.45) is 5.92 Å². The van der Waals surface area contributed by atoms with Crippen LogP contribution in [0.5, 0.6) is 0 Å². The predicted molar refractivity (Wildman–Crippen MR) is 133 cm³/mol. The van der Waals surface area contributed by atoms with Gasteiger partial charge in [-0.15, -0.1) is 0 Å². The molecule has 0 radical (unpaired) electrons. The molecule has 0 spiro atoms. The molecule has 0 heterocycles. The number of ether oxygens (including phenoxy) is 1. The van der Waals surface area contributed by atoms with E-state index in [1.54, 1.807) is 32.9 Å². The number of carbonyl (C=O) groups is 1. The van der Waals surface area contributed by atoms with Gasteiger partial charge in [-0.2, -0.15) is 0 Å². The number of aliphatic hydroxyl groups excluding tert-OH is 1. The standard InChI is InChI=1S/C26H37N3O5/c1-19(2)16-28(17-21-11-13-22(14-12-21)29(32)33)18-24(30)23(15-20-9-7-6-8-10-20)27-25(31)34-26(3,4)5/h6-14,19,23-24,30H,15-18H2,1-5H3,(H,27,31). The van der Waals surface area contributed by atoms with Gasteiger partial charge in [-0.1, -0.05) is 56.3 Å². The summed E-state index contributed by atoms with van der Waals surface area (Å²) >= 11 is 0. The fourth-order valence-electron chi connectivity index (χ4n) is 3.70. The second kappa shape index (κ2) is 12.5. The lowest BCUT2D eigenvalue weighted by Gasteiger charge is -2.32. The topological polar surface area (TPSA) is 105 Å². The molecule has 8 heteroatoms. The highest BCUT2D eigenvalue weighted by Gasteiger charge is 2.27. The highest BCUT2D eigenvalue weighted by atomic mass is 16.6. The molecule has 0 aliphatic carbocycles. The molecule has 2 atom stereocenters. The number of aliphatic hydroxyl groups is 1. The number of alkyl carbamates (subject to hydrolysis) is 1. The number of hydrogen-bond donors (Lipinski definition) is 2. The van der Waals surface area contributed by atoms with Gasteiger partial charge in [0.1, 0.15) is 5.60 Å². The van der Waals surface area contributed by atoms with Crippen LogP contribution in [-0.4, -0.2) is 51.9 Å². The summed E-state index contributed by atoms with van der Waals surface area (Å²) in [5.74, 6) is 0.344. The number of nitrogens with zero attached hydrogens (tertiary/aromatic N) is 2. The van der Waals surface area contributed by atoms with Crippen LogP contribution in [0, 0.1) is 16.0 Å². The van der Waals surface area contributed by atoms with Gasteiger partial charge in [-0.25, -0.2) is 4.79 Å². The molecule has 2 N–H and O–H groups in total. The van der Waals surface area contributed by atoms with Gasteiger partial charge in [0.05, 0.1) is 17.1 Å². The number of benzene rings is 2. The predicted octanol–water partition coefficient (Wildman–Crippen LogP) is 4.55. The summed E-state index contributed by atoms with van der Waals surface area (Å²) in [4.78, 5) is 25.1. The first-order chi connectivity index (χ1) is 15.9. The molecular formula is C26H37N3O5. The average molecular weight is 472 g/mol. The summed E-state index contributed by atoms with van der Waals surface area (Å²) in [6.07, 6.45) is -0.975. The van der Waals surface area contributed by atoms with Gasteiger partial charge in [0, 0.05) is 31.8 Å². The maximum absolute atomic E-state index is 12.5. The number of nitro benzene ring substituents is 1. The first kappa shape index (κ1) is 27.3. The number of nitro groups is 1. The summed E-state index contributed by atoms with van der Waals surface area (Å²) in [5, 5.41) is 25.0. The van der Waals surface area contributed by atoms with Crippen LogP contribution in [0.25, 0.3) is 0 Å². The molecule has 0 aromatic heterocycles. The molecule has 2 unspecified atom stereocenters. The molecule has 2 aromatic rings. The van der Waals surface area contributed by atoms with E-state index in [1.807, 2.05) is 30.3 Å². The van der Waals surface area contributed by atoms with Crippen molar-refractivity contribution in [1.29, 1.82) is 0 Å². The van der Waals surface area contributed by atoms with Gasteiger partial charge in [-0.05, 0) is 44.2 Å². The van der Waals surface area contributed by atoms with E-state index in [0.717, 1.165) is 17.7 Å². The molecular weight excluding hydrogens is 434 g/mol. The number of carbonyl (C=O) groups excluding carboxylic acids is 1. The van der Waals surface area contributed by atoms with Gasteiger partial charge < -0.3 is 15.2 Å². The molecule has 34 heavy (non-hydrogen) atoms. The Hall–Kier alpha value is -2.97. The van der Waals surface area contributed by atoms with Gasteiger partial charge in [0.25, 0.3) is 5.69 Å². The van der Waals surface area contributed by atoms with E-state index in [0.29, 0.717) is 25.4 Å². The van der Waals surface area contributed by atoms with E-state index in [2.05, 4.69) is 24.1 Å². The minimum atomic E-state index is -0.857. The maximum Gasteiger partial charge on any atom is 0.407 e. The molecule has 0 aliphatic rings. The molecule has 2 aromatic carbocycles. The van der Waals surface area contributed by atoms with Crippen LogP contribution in [0.3, 0.4) is 0 Å². The lowest BCUT2D eigenvalue weighted by Crippen LogP contribution is -2.50. The van der Waals surface area contributed by atoms with Crippen LogP contribution >= 0.6 is 0 Å². The Bertz CT molecular complexity index is 910. The monoisotopic (exact) mass is 471 g/mol. The first-order valence-electron chi connectivity index (χ1n) is 11.6. The zero-order valence-electron chi connectivity index (χ0n) is 20.7. The van der Waals surface area contributed by atoms with Gasteiger partial charge in [-0.3, -0.25) is 15.0 Å². The summed E-state index contributed by atoms with van der Waals surface area (Å²) in [6, 6.07) is 15.6. The van der Waals surface area contributed by atoms with Crippen molar-refractivity contribution in [3.05, 3.63) is 75.8 Å².